The van der Waals surface area contributed by atoms with Crippen molar-refractivity contribution >= 4 is 6.03 Å². The molecular formula is C15H18N2O3. The molecule has 0 aliphatic carbocycles. The van der Waals surface area contributed by atoms with Crippen molar-refractivity contribution in [2.24, 2.45) is 0 Å². The van der Waals surface area contributed by atoms with E-state index in [1.807, 2.05) is 24.3 Å². The summed E-state index contributed by atoms with van der Waals surface area (Å²) < 4.78 is 5.21. The van der Waals surface area contributed by atoms with E-state index >= 15 is 0 Å². The number of hydrogen-bond donors (Lipinski definition) is 2. The average Bonchev–Trinajstić information content (AvgIpc) is 2.52. The van der Waals surface area contributed by atoms with Gasteiger partial charge < -0.3 is 20.1 Å². The minimum atomic E-state index is -0.172. The van der Waals surface area contributed by atoms with E-state index in [4.69, 9.17) is 9.84 Å². The monoisotopic (exact) mass is 274 g/mol. The third-order valence-electron chi connectivity index (χ3n) is 3.05. The second kappa shape index (κ2) is 7.53. The molecule has 1 heterocycles. The maximum absolute atomic E-state index is 12.0. The molecule has 1 aromatic rings. The van der Waals surface area contributed by atoms with E-state index in [0.717, 1.165) is 11.1 Å². The Labute approximate surface area is 118 Å². The molecule has 0 unspecified atom stereocenters. The lowest BCUT2D eigenvalue weighted by Gasteiger charge is -2.27. The van der Waals surface area contributed by atoms with Gasteiger partial charge in [0.15, 0.2) is 0 Å². The molecule has 0 atom stereocenters. The van der Waals surface area contributed by atoms with Gasteiger partial charge in [-0.25, -0.2) is 4.79 Å². The van der Waals surface area contributed by atoms with Crippen LogP contribution in [0, 0.1) is 11.8 Å². The number of urea groups is 1. The summed E-state index contributed by atoms with van der Waals surface area (Å²) in [6.45, 7) is 2.68. The van der Waals surface area contributed by atoms with E-state index in [0.29, 0.717) is 32.8 Å². The minimum absolute atomic E-state index is 0.0850. The largest absolute Gasteiger partial charge is 0.384 e. The van der Waals surface area contributed by atoms with E-state index in [1.165, 1.54) is 0 Å². The van der Waals surface area contributed by atoms with Crippen LogP contribution in [0.2, 0.25) is 0 Å². The van der Waals surface area contributed by atoms with Crippen LogP contribution >= 0.6 is 0 Å². The molecule has 20 heavy (non-hydrogen) atoms. The van der Waals surface area contributed by atoms with Crippen LogP contribution < -0.4 is 5.32 Å². The predicted octanol–water partition coefficient (Wildman–Crippen LogP) is 0.572. The third kappa shape index (κ3) is 3.98. The third-order valence-corrected chi connectivity index (χ3v) is 3.05. The smallest absolute Gasteiger partial charge is 0.317 e. The molecule has 1 aliphatic rings. The molecule has 2 amide bonds. The number of aliphatic hydroxyl groups excluding tert-OH is 1. The Balaban J connectivity index is 1.94. The summed E-state index contributed by atoms with van der Waals surface area (Å²) in [6, 6.07) is 7.49. The van der Waals surface area contributed by atoms with Crippen LogP contribution in [0.4, 0.5) is 4.79 Å². The van der Waals surface area contributed by atoms with Crippen molar-refractivity contribution in [2.45, 2.75) is 6.54 Å². The zero-order chi connectivity index (χ0) is 14.2. The fourth-order valence-electron chi connectivity index (χ4n) is 1.98. The molecule has 5 nitrogen and oxygen atoms in total. The minimum Gasteiger partial charge on any atom is -0.384 e. The molecule has 1 fully saturated rings. The Morgan fingerprint density at radius 3 is 2.85 bits per heavy atom. The lowest BCUT2D eigenvalue weighted by atomic mass is 10.1. The highest BCUT2D eigenvalue weighted by molar-refractivity contribution is 5.74. The van der Waals surface area contributed by atoms with Gasteiger partial charge in [-0.2, -0.15) is 0 Å². The van der Waals surface area contributed by atoms with Gasteiger partial charge in [0.25, 0.3) is 0 Å². The summed E-state index contributed by atoms with van der Waals surface area (Å²) in [4.78, 5) is 13.7. The number of nitrogens with one attached hydrogen (secondary N) is 1. The molecule has 0 spiro atoms. The van der Waals surface area contributed by atoms with Crippen LogP contribution in [0.5, 0.6) is 0 Å². The maximum Gasteiger partial charge on any atom is 0.317 e. The SMILES string of the molecule is O=C(NCc1ccccc1C#CCO)N1CCOCC1. The van der Waals surface area contributed by atoms with Crippen LogP contribution in [0.3, 0.4) is 0 Å². The fourth-order valence-corrected chi connectivity index (χ4v) is 1.98. The Hall–Kier alpha value is -2.03. The van der Waals surface area contributed by atoms with Crippen molar-refractivity contribution in [3.8, 4) is 11.8 Å². The molecular weight excluding hydrogens is 256 g/mol. The number of nitrogens with zero attached hydrogens (tertiary/aromatic N) is 1. The Morgan fingerprint density at radius 2 is 2.10 bits per heavy atom. The van der Waals surface area contributed by atoms with Crippen molar-refractivity contribution in [1.29, 1.82) is 0 Å². The highest BCUT2D eigenvalue weighted by Gasteiger charge is 2.16. The Kier molecular flexibility index (Phi) is 5.42. The highest BCUT2D eigenvalue weighted by Crippen LogP contribution is 2.07. The van der Waals surface area contributed by atoms with Gasteiger partial charge in [-0.3, -0.25) is 0 Å². The number of aliphatic hydroxyl groups is 1. The van der Waals surface area contributed by atoms with Gasteiger partial charge in [0.1, 0.15) is 6.61 Å². The van der Waals surface area contributed by atoms with E-state index in [1.54, 1.807) is 4.90 Å². The summed E-state index contributed by atoms with van der Waals surface area (Å²) in [5.74, 6) is 5.50. The number of hydrogen-bond acceptors (Lipinski definition) is 3. The topological polar surface area (TPSA) is 61.8 Å². The number of ether oxygens (including phenoxy) is 1. The van der Waals surface area contributed by atoms with Gasteiger partial charge in [-0.15, -0.1) is 0 Å². The van der Waals surface area contributed by atoms with Gasteiger partial charge in [0, 0.05) is 25.2 Å². The summed E-state index contributed by atoms with van der Waals surface area (Å²) in [5, 5.41) is 11.6. The van der Waals surface area contributed by atoms with Crippen molar-refractivity contribution in [1.82, 2.24) is 10.2 Å². The first kappa shape index (κ1) is 14.4. The molecule has 0 saturated carbocycles. The lowest BCUT2D eigenvalue weighted by molar-refractivity contribution is 0.0531. The zero-order valence-electron chi connectivity index (χ0n) is 11.3. The lowest BCUT2D eigenvalue weighted by Crippen LogP contribution is -2.45. The molecule has 2 rings (SSSR count). The van der Waals surface area contributed by atoms with Gasteiger partial charge in [0.05, 0.1) is 13.2 Å². The molecule has 106 valence electrons. The first-order valence-corrected chi connectivity index (χ1v) is 6.59. The first-order chi connectivity index (χ1) is 9.81. The Morgan fingerprint density at radius 1 is 1.35 bits per heavy atom. The van der Waals surface area contributed by atoms with Gasteiger partial charge in [-0.1, -0.05) is 30.0 Å². The molecule has 0 radical (unpaired) electrons. The highest BCUT2D eigenvalue weighted by atomic mass is 16.5. The van der Waals surface area contributed by atoms with Crippen molar-refractivity contribution < 1.29 is 14.6 Å². The van der Waals surface area contributed by atoms with E-state index < -0.39 is 0 Å². The molecule has 0 aromatic heterocycles. The van der Waals surface area contributed by atoms with Gasteiger partial charge >= 0.3 is 6.03 Å². The summed E-state index contributed by atoms with van der Waals surface area (Å²) in [6.07, 6.45) is 0. The fraction of sp³-hybridized carbons (Fsp3) is 0.400. The summed E-state index contributed by atoms with van der Waals surface area (Å²) in [5.41, 5.74) is 1.76. The maximum atomic E-state index is 12.0. The predicted molar refractivity (Wildman–Crippen MR) is 75.0 cm³/mol. The summed E-state index contributed by atoms with van der Waals surface area (Å²) >= 11 is 0. The second-order valence-electron chi connectivity index (χ2n) is 4.38. The van der Waals surface area contributed by atoms with Crippen molar-refractivity contribution in [3.05, 3.63) is 35.4 Å². The molecule has 1 aromatic carbocycles. The number of morpholine rings is 1. The number of rotatable bonds is 2. The van der Waals surface area contributed by atoms with Crippen LogP contribution in [0.15, 0.2) is 24.3 Å². The van der Waals surface area contributed by atoms with Crippen LogP contribution in [0.25, 0.3) is 0 Å². The van der Waals surface area contributed by atoms with Crippen LogP contribution in [-0.2, 0) is 11.3 Å². The van der Waals surface area contributed by atoms with Gasteiger partial charge in [0.2, 0.25) is 0 Å². The Bertz CT molecular complexity index is 513. The average molecular weight is 274 g/mol. The number of carbonyl (C=O) groups excluding carboxylic acids is 1. The number of benzene rings is 1. The molecule has 0 bridgehead atoms. The first-order valence-electron chi connectivity index (χ1n) is 6.59. The van der Waals surface area contributed by atoms with Crippen molar-refractivity contribution in [3.63, 3.8) is 0 Å². The quantitative estimate of drug-likeness (QED) is 0.775. The normalized spacial score (nSPS) is 14.3. The number of amides is 2. The van der Waals surface area contributed by atoms with E-state index in [2.05, 4.69) is 17.2 Å². The second-order valence-corrected chi connectivity index (χ2v) is 4.38. The van der Waals surface area contributed by atoms with E-state index in [-0.39, 0.29) is 12.6 Å². The molecule has 5 heteroatoms. The molecule has 1 saturated heterocycles. The van der Waals surface area contributed by atoms with Crippen molar-refractivity contribution in [2.75, 3.05) is 32.9 Å². The van der Waals surface area contributed by atoms with Crippen LogP contribution in [-0.4, -0.2) is 48.9 Å². The number of carbonyl (C=O) groups is 1. The standard InChI is InChI=1S/C15H18N2O3/c18-9-3-6-13-4-1-2-5-14(13)12-16-15(19)17-7-10-20-11-8-17/h1-2,4-5,18H,7-12H2,(H,16,19). The van der Waals surface area contributed by atoms with Crippen LogP contribution in [0.1, 0.15) is 11.1 Å². The summed E-state index contributed by atoms with van der Waals surface area (Å²) in [7, 11) is 0. The molecule has 1 aliphatic heterocycles. The van der Waals surface area contributed by atoms with E-state index in [9.17, 15) is 4.79 Å². The van der Waals surface area contributed by atoms with Gasteiger partial charge in [-0.05, 0) is 11.6 Å². The molecule has 2 N–H and O–H groups in total. The zero-order valence-corrected chi connectivity index (χ0v) is 11.3.